The average molecular weight is 849 g/mol. The molecule has 0 saturated heterocycles. The summed E-state index contributed by atoms with van der Waals surface area (Å²) >= 11 is 0. The van der Waals surface area contributed by atoms with Crippen LogP contribution in [0.3, 0.4) is 0 Å². The molecule has 6 atom stereocenters. The van der Waals surface area contributed by atoms with Crippen LogP contribution in [0.15, 0.2) is 218 Å². The highest BCUT2D eigenvalue weighted by atomic mass is 15.1. The maximum atomic E-state index is 2.66. The highest BCUT2D eigenvalue weighted by molar-refractivity contribution is 6.09. The second kappa shape index (κ2) is 14.4. The van der Waals surface area contributed by atoms with E-state index in [-0.39, 0.29) is 5.41 Å². The minimum absolute atomic E-state index is 0.0840. The van der Waals surface area contributed by atoms with Gasteiger partial charge in [-0.25, -0.2) is 0 Å². The molecule has 318 valence electrons. The molecule has 1 spiro atoms. The SMILES string of the molecule is C[C@H]1C[C@@H]2C[C@@H]3C[C@H](C1)C21c2ccc(N(c4ccc(-n5c6ccccc6c6ccccc65)cc4)c4cccc5ccccc45)cc2C(c2ccccc2)(c2ccccc2)c2ccccc2C31. The summed E-state index contributed by atoms with van der Waals surface area (Å²) in [6.07, 6.45) is 5.31. The molecule has 0 radical (unpaired) electrons. The molecule has 4 aliphatic carbocycles. The zero-order valence-corrected chi connectivity index (χ0v) is 37.4. The maximum absolute atomic E-state index is 2.66. The number of fused-ring (bicyclic) bond motifs is 6. The van der Waals surface area contributed by atoms with Crippen LogP contribution in [0.2, 0.25) is 0 Å². The number of hydrogen-bond acceptors (Lipinski definition) is 1. The number of aromatic nitrogens is 1. The average Bonchev–Trinajstić information content (AvgIpc) is 3.98. The number of nitrogens with zero attached hydrogens (tertiary/aromatic N) is 2. The Balaban J connectivity index is 1.07. The van der Waals surface area contributed by atoms with Crippen LogP contribution in [0.1, 0.15) is 71.9 Å². The van der Waals surface area contributed by atoms with E-state index < -0.39 is 5.41 Å². The molecule has 2 nitrogen and oxygen atoms in total. The van der Waals surface area contributed by atoms with Crippen LogP contribution in [0.25, 0.3) is 38.3 Å². The van der Waals surface area contributed by atoms with Crippen LogP contribution < -0.4 is 4.90 Å². The first-order valence-corrected chi connectivity index (χ1v) is 24.4. The molecule has 1 heterocycles. The van der Waals surface area contributed by atoms with Gasteiger partial charge in [0, 0.05) is 38.6 Å². The van der Waals surface area contributed by atoms with Crippen molar-refractivity contribution in [3.63, 3.8) is 0 Å². The van der Waals surface area contributed by atoms with Gasteiger partial charge in [-0.15, -0.1) is 0 Å². The predicted octanol–water partition coefficient (Wildman–Crippen LogP) is 16.2. The molecule has 0 amide bonds. The zero-order chi connectivity index (χ0) is 43.6. The van der Waals surface area contributed by atoms with E-state index in [2.05, 4.69) is 235 Å². The van der Waals surface area contributed by atoms with Gasteiger partial charge in [0.25, 0.3) is 0 Å². The Morgan fingerprint density at radius 2 is 1.02 bits per heavy atom. The first-order chi connectivity index (χ1) is 32.6. The van der Waals surface area contributed by atoms with Crippen LogP contribution in [0.5, 0.6) is 0 Å². The Morgan fingerprint density at radius 1 is 0.455 bits per heavy atom. The van der Waals surface area contributed by atoms with Crippen LogP contribution >= 0.6 is 0 Å². The fourth-order valence-corrected chi connectivity index (χ4v) is 15.1. The third-order valence-electron chi connectivity index (χ3n) is 17.1. The van der Waals surface area contributed by atoms with Crippen LogP contribution in [0.4, 0.5) is 17.1 Å². The largest absolute Gasteiger partial charge is 0.310 e. The van der Waals surface area contributed by atoms with E-state index in [1.54, 1.807) is 11.1 Å². The molecular formula is C64H52N2. The monoisotopic (exact) mass is 848 g/mol. The summed E-state index contributed by atoms with van der Waals surface area (Å²) in [6.45, 7) is 2.54. The number of rotatable bonds is 6. The second-order valence-corrected chi connectivity index (χ2v) is 20.1. The van der Waals surface area contributed by atoms with Crippen molar-refractivity contribution in [1.82, 2.24) is 4.57 Å². The number of benzene rings is 9. The molecule has 3 fully saturated rings. The minimum Gasteiger partial charge on any atom is -0.310 e. The summed E-state index contributed by atoms with van der Waals surface area (Å²) in [4.78, 5) is 2.56. The molecule has 2 heteroatoms. The Kier molecular flexibility index (Phi) is 8.33. The van der Waals surface area contributed by atoms with Crippen molar-refractivity contribution >= 4 is 49.6 Å². The van der Waals surface area contributed by atoms with Crippen molar-refractivity contribution in [2.75, 3.05) is 4.90 Å². The van der Waals surface area contributed by atoms with E-state index in [9.17, 15) is 0 Å². The van der Waals surface area contributed by atoms with Crippen molar-refractivity contribution < 1.29 is 0 Å². The molecular weight excluding hydrogens is 797 g/mol. The lowest BCUT2D eigenvalue weighted by atomic mass is 9.53. The van der Waals surface area contributed by atoms with Crippen molar-refractivity contribution in [3.05, 3.63) is 252 Å². The molecule has 4 aliphatic rings. The Morgan fingerprint density at radius 3 is 1.70 bits per heavy atom. The van der Waals surface area contributed by atoms with Crippen molar-refractivity contribution in [2.24, 2.45) is 23.7 Å². The number of para-hydroxylation sites is 2. The van der Waals surface area contributed by atoms with Gasteiger partial charge in [0.1, 0.15) is 0 Å². The summed E-state index contributed by atoms with van der Waals surface area (Å²) < 4.78 is 2.43. The van der Waals surface area contributed by atoms with Crippen LogP contribution in [-0.2, 0) is 10.8 Å². The van der Waals surface area contributed by atoms with E-state index >= 15 is 0 Å². The smallest absolute Gasteiger partial charge is 0.0707 e. The summed E-state index contributed by atoms with van der Waals surface area (Å²) in [7, 11) is 0. The van der Waals surface area contributed by atoms with Crippen molar-refractivity contribution in [1.29, 1.82) is 0 Å². The van der Waals surface area contributed by atoms with Gasteiger partial charge in [-0.2, -0.15) is 0 Å². The van der Waals surface area contributed by atoms with Gasteiger partial charge < -0.3 is 9.47 Å². The molecule has 66 heavy (non-hydrogen) atoms. The summed E-state index contributed by atoms with van der Waals surface area (Å²) in [5.41, 5.74) is 15.4. The van der Waals surface area contributed by atoms with Gasteiger partial charge in [0.2, 0.25) is 0 Å². The fraction of sp³-hybridized carbons (Fsp3) is 0.188. The molecule has 9 aromatic carbocycles. The second-order valence-electron chi connectivity index (χ2n) is 20.1. The first kappa shape index (κ1) is 38.1. The highest BCUT2D eigenvalue weighted by Crippen LogP contribution is 2.76. The van der Waals surface area contributed by atoms with Crippen molar-refractivity contribution in [3.8, 4) is 5.69 Å². The summed E-state index contributed by atoms with van der Waals surface area (Å²) in [6, 6.07) is 83.3. The van der Waals surface area contributed by atoms with E-state index in [0.717, 1.165) is 17.3 Å². The lowest BCUT2D eigenvalue weighted by Gasteiger charge is -2.51. The standard InChI is InChI=1S/C64H52N2/c1-42-37-47-39-44-40-48(38-42)64(47)57-36-35-51(41-58(57)63(45-19-4-2-5-20-45,46-21-6-3-7-22-46)56-27-13-10-26-55(56)62(44)64)65(59-30-16-18-43-17-8-9-23-52(43)59)49-31-33-50(34-32-49)66-60-28-14-11-24-53(60)54-25-12-15-29-61(54)66/h2-36,41-42,44,47-48,62H,37-40H2,1H3/t42-,44+,47+,48-,62?,64?. The normalized spacial score (nSPS) is 23.3. The van der Waals surface area contributed by atoms with Gasteiger partial charge >= 0.3 is 0 Å². The third-order valence-corrected chi connectivity index (χ3v) is 17.1. The van der Waals surface area contributed by atoms with E-state index in [0.29, 0.717) is 23.7 Å². The van der Waals surface area contributed by atoms with E-state index in [4.69, 9.17) is 0 Å². The van der Waals surface area contributed by atoms with Crippen LogP contribution in [0, 0.1) is 23.7 Å². The van der Waals surface area contributed by atoms with Gasteiger partial charge in [0.05, 0.1) is 22.1 Å². The molecule has 10 aromatic rings. The van der Waals surface area contributed by atoms with E-state index in [1.807, 2.05) is 0 Å². The van der Waals surface area contributed by atoms with Crippen LogP contribution in [-0.4, -0.2) is 4.57 Å². The molecule has 2 bridgehead atoms. The van der Waals surface area contributed by atoms with E-state index in [1.165, 1.54) is 91.9 Å². The first-order valence-electron chi connectivity index (χ1n) is 24.4. The number of hydrogen-bond donors (Lipinski definition) is 0. The van der Waals surface area contributed by atoms with Gasteiger partial charge in [-0.3, -0.25) is 0 Å². The van der Waals surface area contributed by atoms with Gasteiger partial charge in [0.15, 0.2) is 0 Å². The molecule has 3 saturated carbocycles. The summed E-state index contributed by atoms with van der Waals surface area (Å²) in [5, 5.41) is 5.02. The lowest BCUT2D eigenvalue weighted by Crippen LogP contribution is -2.46. The molecule has 1 aromatic heterocycles. The molecule has 2 unspecified atom stereocenters. The molecule has 0 aliphatic heterocycles. The predicted molar refractivity (Wildman–Crippen MR) is 274 cm³/mol. The third kappa shape index (κ3) is 5.13. The topological polar surface area (TPSA) is 8.17 Å². The lowest BCUT2D eigenvalue weighted by molar-refractivity contribution is 0.0823. The molecule has 0 N–H and O–H groups in total. The number of anilines is 3. The Hall–Kier alpha value is -7.16. The highest BCUT2D eigenvalue weighted by Gasteiger charge is 2.69. The fourth-order valence-electron chi connectivity index (χ4n) is 15.1. The molecule has 14 rings (SSSR count). The van der Waals surface area contributed by atoms with Gasteiger partial charge in [-0.05, 0) is 149 Å². The van der Waals surface area contributed by atoms with Crippen molar-refractivity contribution in [2.45, 2.75) is 49.4 Å². The quantitative estimate of drug-likeness (QED) is 0.162. The Labute approximate surface area is 387 Å². The maximum Gasteiger partial charge on any atom is 0.0707 e. The Bertz CT molecular complexity index is 3380. The summed E-state index contributed by atoms with van der Waals surface area (Å²) in [5.74, 6) is 3.28. The van der Waals surface area contributed by atoms with Gasteiger partial charge in [-0.1, -0.05) is 171 Å². The zero-order valence-electron chi connectivity index (χ0n) is 37.4. The minimum atomic E-state index is -0.547.